The standard InChI is InChI=1S/C20H24F2N4O3/c1-11-16-12(6-13(8-23)18(27)26(16)14-2-3-14)7-15(21)17(11)25-5-4-20(22,10-25)9-24-19(28)29/h6-7,14,24H,2-5,8-10,23H2,1H3,(H,28,29). The number of halogens is 2. The molecular formula is C20H24F2N4O3. The Hall–Kier alpha value is -2.68. The van der Waals surface area contributed by atoms with Crippen LogP contribution in [0.15, 0.2) is 16.9 Å². The highest BCUT2D eigenvalue weighted by Gasteiger charge is 2.40. The van der Waals surface area contributed by atoms with Gasteiger partial charge in [-0.05, 0) is 37.5 Å². The minimum absolute atomic E-state index is 0.0760. The molecule has 0 bridgehead atoms. The van der Waals surface area contributed by atoms with E-state index in [4.69, 9.17) is 10.8 Å². The third-order valence-electron chi connectivity index (χ3n) is 5.87. The van der Waals surface area contributed by atoms with E-state index in [9.17, 15) is 9.59 Å². The van der Waals surface area contributed by atoms with E-state index in [0.29, 0.717) is 22.0 Å². The molecule has 2 aliphatic rings. The van der Waals surface area contributed by atoms with Crippen LogP contribution in [0.25, 0.3) is 10.9 Å². The van der Waals surface area contributed by atoms with Crippen molar-refractivity contribution in [3.05, 3.63) is 39.4 Å². The monoisotopic (exact) mass is 406 g/mol. The highest BCUT2D eigenvalue weighted by molar-refractivity contribution is 5.88. The van der Waals surface area contributed by atoms with E-state index in [1.807, 2.05) is 0 Å². The maximum absolute atomic E-state index is 15.1. The molecule has 1 aliphatic heterocycles. The molecule has 1 saturated heterocycles. The molecule has 1 unspecified atom stereocenters. The van der Waals surface area contributed by atoms with E-state index in [1.165, 1.54) is 6.07 Å². The number of carbonyl (C=O) groups is 1. The number of carboxylic acid groups (broad SMARTS) is 1. The SMILES string of the molecule is Cc1c(N2CCC(F)(CNC(=O)O)C2)c(F)cc2cc(CN)c(=O)n(C3CC3)c12. The second kappa shape index (κ2) is 6.98. The number of anilines is 1. The van der Waals surface area contributed by atoms with Crippen LogP contribution in [0, 0.1) is 12.7 Å². The summed E-state index contributed by atoms with van der Waals surface area (Å²) in [5, 5.41) is 11.4. The van der Waals surface area contributed by atoms with Crippen molar-refractivity contribution >= 4 is 22.7 Å². The van der Waals surface area contributed by atoms with E-state index < -0.39 is 17.6 Å². The maximum Gasteiger partial charge on any atom is 0.404 e. The van der Waals surface area contributed by atoms with E-state index >= 15 is 8.78 Å². The van der Waals surface area contributed by atoms with Crippen LogP contribution >= 0.6 is 0 Å². The number of benzene rings is 1. The molecule has 1 saturated carbocycles. The highest BCUT2D eigenvalue weighted by Crippen LogP contribution is 2.41. The van der Waals surface area contributed by atoms with Crippen molar-refractivity contribution in [3.8, 4) is 0 Å². The zero-order chi connectivity index (χ0) is 20.9. The van der Waals surface area contributed by atoms with Gasteiger partial charge in [0, 0.05) is 36.5 Å². The van der Waals surface area contributed by atoms with Crippen molar-refractivity contribution in [1.82, 2.24) is 9.88 Å². The fraction of sp³-hybridized carbons (Fsp3) is 0.500. The van der Waals surface area contributed by atoms with Gasteiger partial charge < -0.3 is 25.6 Å². The van der Waals surface area contributed by atoms with Crippen LogP contribution in [0.2, 0.25) is 0 Å². The highest BCUT2D eigenvalue weighted by atomic mass is 19.1. The minimum Gasteiger partial charge on any atom is -0.465 e. The Bertz CT molecular complexity index is 1050. The van der Waals surface area contributed by atoms with Gasteiger partial charge >= 0.3 is 6.09 Å². The summed E-state index contributed by atoms with van der Waals surface area (Å²) in [4.78, 5) is 25.2. The van der Waals surface area contributed by atoms with E-state index in [0.717, 1.165) is 12.8 Å². The number of aromatic nitrogens is 1. The van der Waals surface area contributed by atoms with Crippen LogP contribution < -0.4 is 21.5 Å². The number of hydrogen-bond donors (Lipinski definition) is 3. The fourth-order valence-corrected chi connectivity index (χ4v) is 4.34. The lowest BCUT2D eigenvalue weighted by molar-refractivity contribution is 0.163. The van der Waals surface area contributed by atoms with Gasteiger partial charge in [-0.3, -0.25) is 4.79 Å². The number of nitrogens with one attached hydrogen (secondary N) is 1. The molecule has 4 rings (SSSR count). The zero-order valence-electron chi connectivity index (χ0n) is 16.2. The van der Waals surface area contributed by atoms with E-state index in [-0.39, 0.29) is 49.9 Å². The molecule has 1 aromatic carbocycles. The number of aryl methyl sites for hydroxylation is 1. The van der Waals surface area contributed by atoms with Crippen LogP contribution in [-0.4, -0.2) is 41.1 Å². The minimum atomic E-state index is -1.77. The Morgan fingerprint density at radius 2 is 2.14 bits per heavy atom. The molecule has 29 heavy (non-hydrogen) atoms. The number of nitrogens with zero attached hydrogens (tertiary/aromatic N) is 2. The average Bonchev–Trinajstić information content (AvgIpc) is 3.43. The average molecular weight is 406 g/mol. The molecule has 156 valence electrons. The normalized spacial score (nSPS) is 21.7. The molecule has 1 amide bonds. The first-order valence-corrected chi connectivity index (χ1v) is 9.72. The molecule has 1 aromatic heterocycles. The number of pyridine rings is 1. The summed E-state index contributed by atoms with van der Waals surface area (Å²) >= 11 is 0. The van der Waals surface area contributed by atoms with Gasteiger partial charge in [0.1, 0.15) is 11.5 Å². The first kappa shape index (κ1) is 19.6. The molecule has 7 nitrogen and oxygen atoms in total. The maximum atomic E-state index is 15.1. The van der Waals surface area contributed by atoms with Crippen LogP contribution in [0.1, 0.15) is 36.4 Å². The van der Waals surface area contributed by atoms with Crippen LogP contribution in [0.5, 0.6) is 0 Å². The Kier molecular flexibility index (Phi) is 4.72. The first-order chi connectivity index (χ1) is 13.7. The van der Waals surface area contributed by atoms with E-state index in [1.54, 1.807) is 22.5 Å². The number of hydrogen-bond acceptors (Lipinski definition) is 4. The number of amides is 1. The Labute approximate surface area is 166 Å². The van der Waals surface area contributed by atoms with Gasteiger partial charge in [0.25, 0.3) is 5.56 Å². The largest absolute Gasteiger partial charge is 0.465 e. The topological polar surface area (TPSA) is 101 Å². The summed E-state index contributed by atoms with van der Waals surface area (Å²) in [5.41, 5.74) is 5.74. The van der Waals surface area contributed by atoms with Crippen molar-refractivity contribution < 1.29 is 18.7 Å². The molecule has 4 N–H and O–H groups in total. The van der Waals surface area contributed by atoms with Gasteiger partial charge in [-0.25, -0.2) is 13.6 Å². The van der Waals surface area contributed by atoms with Crippen molar-refractivity contribution in [2.75, 3.05) is 24.5 Å². The van der Waals surface area contributed by atoms with Gasteiger partial charge in [-0.1, -0.05) is 0 Å². The lowest BCUT2D eigenvalue weighted by atomic mass is 10.0. The molecule has 2 fully saturated rings. The first-order valence-electron chi connectivity index (χ1n) is 9.72. The molecular weight excluding hydrogens is 382 g/mol. The van der Waals surface area contributed by atoms with Crippen molar-refractivity contribution in [3.63, 3.8) is 0 Å². The molecule has 0 radical (unpaired) electrons. The second-order valence-corrected chi connectivity index (χ2v) is 8.03. The third-order valence-corrected chi connectivity index (χ3v) is 5.87. The lowest BCUT2D eigenvalue weighted by Crippen LogP contribution is -2.41. The van der Waals surface area contributed by atoms with Crippen molar-refractivity contribution in [2.45, 2.75) is 44.4 Å². The zero-order valence-corrected chi connectivity index (χ0v) is 16.2. The summed E-state index contributed by atoms with van der Waals surface area (Å²) in [6.07, 6.45) is 0.560. The van der Waals surface area contributed by atoms with Gasteiger partial charge in [-0.2, -0.15) is 0 Å². The number of fused-ring (bicyclic) bond motifs is 1. The Balaban J connectivity index is 1.79. The third kappa shape index (κ3) is 3.43. The number of alkyl halides is 1. The summed E-state index contributed by atoms with van der Waals surface area (Å²) < 4.78 is 31.8. The molecule has 0 spiro atoms. The van der Waals surface area contributed by atoms with Crippen LogP contribution in [0.4, 0.5) is 19.3 Å². The predicted molar refractivity (Wildman–Crippen MR) is 106 cm³/mol. The fourth-order valence-electron chi connectivity index (χ4n) is 4.34. The van der Waals surface area contributed by atoms with Gasteiger partial charge in [-0.15, -0.1) is 0 Å². The van der Waals surface area contributed by atoms with E-state index in [2.05, 4.69) is 5.32 Å². The Morgan fingerprint density at radius 3 is 2.76 bits per heavy atom. The van der Waals surface area contributed by atoms with Gasteiger partial charge in [0.15, 0.2) is 0 Å². The lowest BCUT2D eigenvalue weighted by Gasteiger charge is -2.26. The molecule has 2 aromatic rings. The summed E-state index contributed by atoms with van der Waals surface area (Å²) in [6, 6.07) is 3.09. The van der Waals surface area contributed by atoms with Gasteiger partial charge in [0.2, 0.25) is 0 Å². The number of nitrogens with two attached hydrogens (primary N) is 1. The summed E-state index contributed by atoms with van der Waals surface area (Å²) in [6.45, 7) is 1.62. The Morgan fingerprint density at radius 1 is 1.41 bits per heavy atom. The predicted octanol–water partition coefficient (Wildman–Crippen LogP) is 2.43. The molecule has 2 heterocycles. The van der Waals surface area contributed by atoms with Crippen LogP contribution in [-0.2, 0) is 6.54 Å². The number of rotatable bonds is 5. The molecule has 1 atom stereocenters. The smallest absolute Gasteiger partial charge is 0.404 e. The quantitative estimate of drug-likeness (QED) is 0.708. The second-order valence-electron chi connectivity index (χ2n) is 8.03. The van der Waals surface area contributed by atoms with Crippen molar-refractivity contribution in [1.29, 1.82) is 0 Å². The summed E-state index contributed by atoms with van der Waals surface area (Å²) in [7, 11) is 0. The molecule has 1 aliphatic carbocycles. The summed E-state index contributed by atoms with van der Waals surface area (Å²) in [5.74, 6) is -0.491. The van der Waals surface area contributed by atoms with Gasteiger partial charge in [0.05, 0.1) is 24.3 Å². The van der Waals surface area contributed by atoms with Crippen molar-refractivity contribution in [2.24, 2.45) is 5.73 Å². The molecule has 9 heteroatoms. The van der Waals surface area contributed by atoms with Crippen LogP contribution in [0.3, 0.4) is 0 Å².